The summed E-state index contributed by atoms with van der Waals surface area (Å²) < 4.78 is 13.6. The highest BCUT2D eigenvalue weighted by Crippen LogP contribution is 2.16. The zero-order chi connectivity index (χ0) is 13.8. The molecule has 0 aliphatic rings. The lowest BCUT2D eigenvalue weighted by atomic mass is 10.1. The van der Waals surface area contributed by atoms with E-state index in [1.54, 1.807) is 36.5 Å². The van der Waals surface area contributed by atoms with Gasteiger partial charge in [-0.25, -0.2) is 9.37 Å². The molecular weight excluding hydrogens is 243 g/mol. The molecule has 0 aliphatic carbocycles. The summed E-state index contributed by atoms with van der Waals surface area (Å²) in [6, 6.07) is 10.0. The Kier molecular flexibility index (Phi) is 3.90. The van der Waals surface area contributed by atoms with Crippen LogP contribution in [-0.4, -0.2) is 17.8 Å². The molecule has 0 N–H and O–H groups in total. The molecule has 0 radical (unpaired) electrons. The Morgan fingerprint density at radius 1 is 1.32 bits per heavy atom. The molecule has 1 aromatic carbocycles. The number of halogens is 1. The van der Waals surface area contributed by atoms with Crippen molar-refractivity contribution in [2.45, 2.75) is 13.5 Å². The van der Waals surface area contributed by atoms with Crippen molar-refractivity contribution in [2.75, 3.05) is 11.9 Å². The van der Waals surface area contributed by atoms with Gasteiger partial charge in [0.05, 0.1) is 0 Å². The topological polar surface area (TPSA) is 33.2 Å². The van der Waals surface area contributed by atoms with E-state index < -0.39 is 0 Å². The lowest BCUT2D eigenvalue weighted by molar-refractivity contribution is 0.101. The fourth-order valence-corrected chi connectivity index (χ4v) is 1.81. The van der Waals surface area contributed by atoms with Gasteiger partial charge >= 0.3 is 0 Å². The van der Waals surface area contributed by atoms with Crippen molar-refractivity contribution >= 4 is 11.6 Å². The van der Waals surface area contributed by atoms with E-state index in [9.17, 15) is 9.18 Å². The van der Waals surface area contributed by atoms with Crippen molar-refractivity contribution in [2.24, 2.45) is 0 Å². The van der Waals surface area contributed by atoms with Crippen LogP contribution in [0.15, 0.2) is 42.6 Å². The highest BCUT2D eigenvalue weighted by Gasteiger charge is 2.08. The summed E-state index contributed by atoms with van der Waals surface area (Å²) in [5.74, 6) is 0.399. The number of benzene rings is 1. The molecule has 2 rings (SSSR count). The second-order valence-corrected chi connectivity index (χ2v) is 4.41. The molecule has 0 atom stereocenters. The maximum absolute atomic E-state index is 13.6. The fraction of sp³-hybridized carbons (Fsp3) is 0.200. The highest BCUT2D eigenvalue weighted by atomic mass is 19.1. The molecule has 0 aliphatic heterocycles. The molecule has 0 amide bonds. The number of pyridine rings is 1. The third-order valence-electron chi connectivity index (χ3n) is 2.91. The van der Waals surface area contributed by atoms with Crippen LogP contribution in [0.3, 0.4) is 0 Å². The number of ketones is 1. The van der Waals surface area contributed by atoms with Crippen LogP contribution in [0, 0.1) is 5.82 Å². The fourth-order valence-electron chi connectivity index (χ4n) is 1.81. The monoisotopic (exact) mass is 258 g/mol. The van der Waals surface area contributed by atoms with Gasteiger partial charge in [-0.05, 0) is 25.1 Å². The number of hydrogen-bond donors (Lipinski definition) is 0. The van der Waals surface area contributed by atoms with Crippen molar-refractivity contribution in [1.82, 2.24) is 4.98 Å². The molecule has 0 spiro atoms. The van der Waals surface area contributed by atoms with Crippen molar-refractivity contribution < 1.29 is 9.18 Å². The van der Waals surface area contributed by atoms with E-state index >= 15 is 0 Å². The molecule has 19 heavy (non-hydrogen) atoms. The summed E-state index contributed by atoms with van der Waals surface area (Å²) in [5.41, 5.74) is 1.20. The Labute approximate surface area is 111 Å². The number of Topliss-reactive ketones (excluding diaryl/α,β-unsaturated/α-hetero) is 1. The van der Waals surface area contributed by atoms with Crippen LogP contribution in [0.25, 0.3) is 0 Å². The van der Waals surface area contributed by atoms with Crippen LogP contribution in [0.5, 0.6) is 0 Å². The molecule has 2 aromatic rings. The SMILES string of the molecule is CC(=O)c1ccnc(N(C)Cc2ccccc2F)c1. The Morgan fingerprint density at radius 3 is 2.74 bits per heavy atom. The van der Waals surface area contributed by atoms with E-state index in [1.165, 1.54) is 13.0 Å². The van der Waals surface area contributed by atoms with Crippen molar-refractivity contribution in [3.63, 3.8) is 0 Å². The molecule has 0 fully saturated rings. The maximum atomic E-state index is 13.6. The number of carbonyl (C=O) groups is 1. The summed E-state index contributed by atoms with van der Waals surface area (Å²) in [7, 11) is 1.82. The van der Waals surface area contributed by atoms with Gasteiger partial charge < -0.3 is 4.90 Å². The number of anilines is 1. The van der Waals surface area contributed by atoms with Crippen LogP contribution in [0.2, 0.25) is 0 Å². The number of carbonyl (C=O) groups excluding carboxylic acids is 1. The minimum atomic E-state index is -0.239. The Hall–Kier alpha value is -2.23. The minimum Gasteiger partial charge on any atom is -0.355 e. The highest BCUT2D eigenvalue weighted by molar-refractivity contribution is 5.94. The first-order chi connectivity index (χ1) is 9.08. The zero-order valence-electron chi connectivity index (χ0n) is 10.9. The minimum absolute atomic E-state index is 0.0112. The number of hydrogen-bond acceptors (Lipinski definition) is 3. The van der Waals surface area contributed by atoms with Gasteiger partial charge in [-0.2, -0.15) is 0 Å². The molecule has 0 saturated heterocycles. The van der Waals surface area contributed by atoms with Crippen LogP contribution in [-0.2, 0) is 6.54 Å². The third-order valence-corrected chi connectivity index (χ3v) is 2.91. The maximum Gasteiger partial charge on any atom is 0.159 e. The van der Waals surface area contributed by atoms with Gasteiger partial charge in [0.25, 0.3) is 0 Å². The zero-order valence-corrected chi connectivity index (χ0v) is 10.9. The molecule has 1 heterocycles. The second kappa shape index (κ2) is 5.61. The van der Waals surface area contributed by atoms with Crippen LogP contribution < -0.4 is 4.90 Å². The lowest BCUT2D eigenvalue weighted by Gasteiger charge is -2.18. The summed E-state index contributed by atoms with van der Waals surface area (Å²) in [4.78, 5) is 17.3. The van der Waals surface area contributed by atoms with Crippen LogP contribution >= 0.6 is 0 Å². The third kappa shape index (κ3) is 3.16. The quantitative estimate of drug-likeness (QED) is 0.790. The van der Waals surface area contributed by atoms with E-state index in [4.69, 9.17) is 0 Å². The second-order valence-electron chi connectivity index (χ2n) is 4.41. The smallest absolute Gasteiger partial charge is 0.159 e. The summed E-state index contributed by atoms with van der Waals surface area (Å²) >= 11 is 0. The van der Waals surface area contributed by atoms with Gasteiger partial charge in [-0.15, -0.1) is 0 Å². The Bertz CT molecular complexity index is 598. The molecule has 4 heteroatoms. The first kappa shape index (κ1) is 13.2. The summed E-state index contributed by atoms with van der Waals surface area (Å²) in [6.45, 7) is 1.91. The van der Waals surface area contributed by atoms with Crippen molar-refractivity contribution in [3.8, 4) is 0 Å². The average Bonchev–Trinajstić information content (AvgIpc) is 2.41. The number of aromatic nitrogens is 1. The van der Waals surface area contributed by atoms with Gasteiger partial charge in [0.15, 0.2) is 5.78 Å². The average molecular weight is 258 g/mol. The predicted molar refractivity (Wildman–Crippen MR) is 72.7 cm³/mol. The lowest BCUT2D eigenvalue weighted by Crippen LogP contribution is -2.18. The van der Waals surface area contributed by atoms with E-state index in [0.717, 1.165) is 0 Å². The molecule has 3 nitrogen and oxygen atoms in total. The molecule has 98 valence electrons. The van der Waals surface area contributed by atoms with Crippen LogP contribution in [0.1, 0.15) is 22.8 Å². The van der Waals surface area contributed by atoms with E-state index in [1.807, 2.05) is 11.9 Å². The molecule has 0 unspecified atom stereocenters. The van der Waals surface area contributed by atoms with Gasteiger partial charge in [0, 0.05) is 30.9 Å². The van der Waals surface area contributed by atoms with E-state index in [0.29, 0.717) is 23.5 Å². The van der Waals surface area contributed by atoms with Crippen molar-refractivity contribution in [3.05, 3.63) is 59.5 Å². The van der Waals surface area contributed by atoms with E-state index in [-0.39, 0.29) is 11.6 Å². The van der Waals surface area contributed by atoms with Crippen molar-refractivity contribution in [1.29, 1.82) is 0 Å². The van der Waals surface area contributed by atoms with Gasteiger partial charge in [-0.1, -0.05) is 18.2 Å². The molecule has 0 bridgehead atoms. The molecule has 0 saturated carbocycles. The van der Waals surface area contributed by atoms with Gasteiger partial charge in [-0.3, -0.25) is 4.79 Å². The largest absolute Gasteiger partial charge is 0.355 e. The Morgan fingerprint density at radius 2 is 2.05 bits per heavy atom. The summed E-state index contributed by atoms with van der Waals surface area (Å²) in [5, 5.41) is 0. The number of rotatable bonds is 4. The molecule has 1 aromatic heterocycles. The standard InChI is InChI=1S/C15H15FN2O/c1-11(19)12-7-8-17-15(9-12)18(2)10-13-5-3-4-6-14(13)16/h3-9H,10H2,1-2H3. The number of nitrogens with zero attached hydrogens (tertiary/aromatic N) is 2. The van der Waals surface area contributed by atoms with Crippen LogP contribution in [0.4, 0.5) is 10.2 Å². The summed E-state index contributed by atoms with van der Waals surface area (Å²) in [6.07, 6.45) is 1.59. The first-order valence-electron chi connectivity index (χ1n) is 5.99. The van der Waals surface area contributed by atoms with Gasteiger partial charge in [0.2, 0.25) is 0 Å². The molecular formula is C15H15FN2O. The predicted octanol–water partition coefficient (Wildman–Crippen LogP) is 3.06. The van der Waals surface area contributed by atoms with Gasteiger partial charge in [0.1, 0.15) is 11.6 Å². The Balaban J connectivity index is 2.20. The first-order valence-corrected chi connectivity index (χ1v) is 5.99. The normalized spacial score (nSPS) is 10.3. The van der Waals surface area contributed by atoms with E-state index in [2.05, 4.69) is 4.98 Å².